The first-order chi connectivity index (χ1) is 7.33. The van der Waals surface area contributed by atoms with E-state index in [4.69, 9.17) is 19.5 Å². The number of hydrogen-bond acceptors (Lipinski definition) is 4. The Kier molecular flexibility index (Phi) is 2.75. The van der Waals surface area contributed by atoms with E-state index in [1.54, 1.807) is 25.3 Å². The van der Waals surface area contributed by atoms with Gasteiger partial charge in [-0.05, 0) is 12.1 Å². The molecule has 0 bridgehead atoms. The Bertz CT molecular complexity index is 393. The highest BCUT2D eigenvalue weighted by Gasteiger charge is 2.23. The Balaban J connectivity index is 2.13. The van der Waals surface area contributed by atoms with Gasteiger partial charge in [0.25, 0.3) is 0 Å². The summed E-state index contributed by atoms with van der Waals surface area (Å²) in [6.45, 7) is 1.23. The summed E-state index contributed by atoms with van der Waals surface area (Å²) in [5, 5.41) is 8.86. The van der Waals surface area contributed by atoms with Gasteiger partial charge in [-0.2, -0.15) is 5.26 Å². The summed E-state index contributed by atoms with van der Waals surface area (Å²) in [6.07, 6.45) is 0.183. The fourth-order valence-corrected chi connectivity index (χ4v) is 1.19. The Morgan fingerprint density at radius 2 is 2.40 bits per heavy atom. The molecule has 0 N–H and O–H groups in total. The number of nitriles is 1. The molecule has 0 amide bonds. The van der Waals surface area contributed by atoms with Crippen LogP contribution in [-0.2, 0) is 4.74 Å². The SMILES string of the molecule is COc1ccc(C#N)c(OC[C@@H]2CO2)c1. The second kappa shape index (κ2) is 4.20. The largest absolute Gasteiger partial charge is 0.497 e. The van der Waals surface area contributed by atoms with E-state index in [2.05, 4.69) is 6.07 Å². The molecular formula is C11H11NO3. The number of methoxy groups -OCH3 is 1. The summed E-state index contributed by atoms with van der Waals surface area (Å²) in [5.41, 5.74) is 0.511. The topological polar surface area (TPSA) is 54.8 Å². The van der Waals surface area contributed by atoms with Gasteiger partial charge in [-0.15, -0.1) is 0 Å². The van der Waals surface area contributed by atoms with Gasteiger partial charge in [0.05, 0.1) is 19.3 Å². The highest BCUT2D eigenvalue weighted by Crippen LogP contribution is 2.25. The lowest BCUT2D eigenvalue weighted by Gasteiger charge is -2.07. The molecule has 1 heterocycles. The van der Waals surface area contributed by atoms with Crippen molar-refractivity contribution in [2.75, 3.05) is 20.3 Å². The molecule has 1 saturated heterocycles. The summed E-state index contributed by atoms with van der Waals surface area (Å²) in [4.78, 5) is 0. The lowest BCUT2D eigenvalue weighted by molar-refractivity contribution is 0.261. The predicted octanol–water partition coefficient (Wildman–Crippen LogP) is 1.34. The Labute approximate surface area is 88.0 Å². The number of nitrogens with zero attached hydrogens (tertiary/aromatic N) is 1. The molecule has 78 valence electrons. The van der Waals surface area contributed by atoms with Crippen LogP contribution in [0.5, 0.6) is 11.5 Å². The molecule has 1 atom stereocenters. The molecule has 1 aromatic rings. The highest BCUT2D eigenvalue weighted by molar-refractivity contribution is 5.47. The van der Waals surface area contributed by atoms with Crippen molar-refractivity contribution in [3.63, 3.8) is 0 Å². The van der Waals surface area contributed by atoms with E-state index in [1.807, 2.05) is 0 Å². The first kappa shape index (κ1) is 9.81. The predicted molar refractivity (Wildman–Crippen MR) is 52.9 cm³/mol. The Hall–Kier alpha value is -1.73. The highest BCUT2D eigenvalue weighted by atomic mass is 16.6. The normalized spacial score (nSPS) is 18.0. The lowest BCUT2D eigenvalue weighted by atomic mass is 10.2. The van der Waals surface area contributed by atoms with Crippen LogP contribution in [0.3, 0.4) is 0 Å². The summed E-state index contributed by atoms with van der Waals surface area (Å²) < 4.78 is 15.5. The van der Waals surface area contributed by atoms with Gasteiger partial charge < -0.3 is 14.2 Å². The summed E-state index contributed by atoms with van der Waals surface area (Å²) >= 11 is 0. The molecule has 1 aliphatic heterocycles. The van der Waals surface area contributed by atoms with Gasteiger partial charge >= 0.3 is 0 Å². The zero-order valence-electron chi connectivity index (χ0n) is 8.40. The Morgan fingerprint density at radius 3 is 3.00 bits per heavy atom. The van der Waals surface area contributed by atoms with Crippen LogP contribution in [0.4, 0.5) is 0 Å². The van der Waals surface area contributed by atoms with E-state index < -0.39 is 0 Å². The molecule has 0 spiro atoms. The van der Waals surface area contributed by atoms with Crippen LogP contribution in [0.2, 0.25) is 0 Å². The molecule has 4 nitrogen and oxygen atoms in total. The number of epoxide rings is 1. The maximum atomic E-state index is 8.86. The van der Waals surface area contributed by atoms with Crippen LogP contribution in [0.1, 0.15) is 5.56 Å². The van der Waals surface area contributed by atoms with Crippen LogP contribution in [0.15, 0.2) is 18.2 Å². The van der Waals surface area contributed by atoms with Crippen molar-refractivity contribution in [2.24, 2.45) is 0 Å². The summed E-state index contributed by atoms with van der Waals surface area (Å²) in [7, 11) is 1.58. The van der Waals surface area contributed by atoms with E-state index in [1.165, 1.54) is 0 Å². The average molecular weight is 205 g/mol. The van der Waals surface area contributed by atoms with Crippen LogP contribution in [0, 0.1) is 11.3 Å². The molecule has 0 saturated carbocycles. The zero-order valence-corrected chi connectivity index (χ0v) is 8.40. The lowest BCUT2D eigenvalue weighted by Crippen LogP contribution is -2.05. The van der Waals surface area contributed by atoms with Crippen molar-refractivity contribution in [3.05, 3.63) is 23.8 Å². The fourth-order valence-electron chi connectivity index (χ4n) is 1.19. The number of ether oxygens (including phenoxy) is 3. The molecule has 0 aliphatic carbocycles. The third kappa shape index (κ3) is 2.39. The van der Waals surface area contributed by atoms with Crippen molar-refractivity contribution in [1.82, 2.24) is 0 Å². The fraction of sp³-hybridized carbons (Fsp3) is 0.364. The zero-order chi connectivity index (χ0) is 10.7. The van der Waals surface area contributed by atoms with Crippen molar-refractivity contribution in [1.29, 1.82) is 5.26 Å². The van der Waals surface area contributed by atoms with Gasteiger partial charge in [-0.3, -0.25) is 0 Å². The number of rotatable bonds is 4. The minimum Gasteiger partial charge on any atom is -0.497 e. The van der Waals surface area contributed by atoms with E-state index in [0.29, 0.717) is 23.7 Å². The van der Waals surface area contributed by atoms with Gasteiger partial charge in [-0.1, -0.05) is 0 Å². The maximum Gasteiger partial charge on any atom is 0.140 e. The molecule has 1 aliphatic rings. The van der Waals surface area contributed by atoms with Crippen LogP contribution < -0.4 is 9.47 Å². The smallest absolute Gasteiger partial charge is 0.140 e. The van der Waals surface area contributed by atoms with Crippen molar-refractivity contribution in [3.8, 4) is 17.6 Å². The number of hydrogen-bond donors (Lipinski definition) is 0. The van der Waals surface area contributed by atoms with E-state index in [-0.39, 0.29) is 6.10 Å². The molecule has 1 fully saturated rings. The first-order valence-corrected chi connectivity index (χ1v) is 4.66. The van der Waals surface area contributed by atoms with Crippen molar-refractivity contribution >= 4 is 0 Å². The van der Waals surface area contributed by atoms with E-state index >= 15 is 0 Å². The quantitative estimate of drug-likeness (QED) is 0.696. The average Bonchev–Trinajstić information content (AvgIpc) is 3.09. The van der Waals surface area contributed by atoms with Gasteiger partial charge in [0.2, 0.25) is 0 Å². The van der Waals surface area contributed by atoms with Gasteiger partial charge in [0, 0.05) is 6.07 Å². The van der Waals surface area contributed by atoms with Crippen molar-refractivity contribution < 1.29 is 14.2 Å². The standard InChI is InChI=1S/C11H11NO3/c1-13-9-3-2-8(5-12)11(4-9)15-7-10-6-14-10/h2-4,10H,6-7H2,1H3/t10-/m0/s1. The molecule has 15 heavy (non-hydrogen) atoms. The molecule has 2 rings (SSSR count). The van der Waals surface area contributed by atoms with Crippen LogP contribution >= 0.6 is 0 Å². The molecule has 0 unspecified atom stereocenters. The molecule has 0 aromatic heterocycles. The molecule has 4 heteroatoms. The number of benzene rings is 1. The molecule has 1 aromatic carbocycles. The second-order valence-corrected chi connectivity index (χ2v) is 3.24. The third-order valence-corrected chi connectivity index (χ3v) is 2.14. The van der Waals surface area contributed by atoms with Crippen LogP contribution in [0.25, 0.3) is 0 Å². The Morgan fingerprint density at radius 1 is 1.60 bits per heavy atom. The van der Waals surface area contributed by atoms with Gasteiger partial charge in [-0.25, -0.2) is 0 Å². The summed E-state index contributed by atoms with van der Waals surface area (Å²) in [6, 6.07) is 7.20. The van der Waals surface area contributed by atoms with Gasteiger partial charge in [0.1, 0.15) is 30.3 Å². The van der Waals surface area contributed by atoms with Crippen molar-refractivity contribution in [2.45, 2.75) is 6.10 Å². The first-order valence-electron chi connectivity index (χ1n) is 4.66. The second-order valence-electron chi connectivity index (χ2n) is 3.24. The molecule has 0 radical (unpaired) electrons. The third-order valence-electron chi connectivity index (χ3n) is 2.14. The van der Waals surface area contributed by atoms with Crippen LogP contribution in [-0.4, -0.2) is 26.4 Å². The maximum absolute atomic E-state index is 8.86. The van der Waals surface area contributed by atoms with E-state index in [9.17, 15) is 0 Å². The minimum absolute atomic E-state index is 0.183. The summed E-state index contributed by atoms with van der Waals surface area (Å²) in [5.74, 6) is 1.23. The van der Waals surface area contributed by atoms with Gasteiger partial charge in [0.15, 0.2) is 0 Å². The molecular weight excluding hydrogens is 194 g/mol. The minimum atomic E-state index is 0.183. The monoisotopic (exact) mass is 205 g/mol. The van der Waals surface area contributed by atoms with E-state index in [0.717, 1.165) is 6.61 Å².